The lowest BCUT2D eigenvalue weighted by Crippen LogP contribution is -2.07. The molecule has 0 amide bonds. The van der Waals surface area contributed by atoms with Crippen molar-refractivity contribution in [2.24, 2.45) is 0 Å². The average Bonchev–Trinajstić information content (AvgIpc) is 3.08. The van der Waals surface area contributed by atoms with Gasteiger partial charge in [0.15, 0.2) is 0 Å². The average molecular weight is 389 g/mol. The van der Waals surface area contributed by atoms with Gasteiger partial charge in [-0.3, -0.25) is 4.79 Å². The van der Waals surface area contributed by atoms with Gasteiger partial charge in [0.05, 0.1) is 13.0 Å². The summed E-state index contributed by atoms with van der Waals surface area (Å²) in [6.45, 7) is 5.00. The maximum absolute atomic E-state index is 11.0. The van der Waals surface area contributed by atoms with E-state index in [1.165, 1.54) is 22.3 Å². The molecule has 1 aliphatic heterocycles. The van der Waals surface area contributed by atoms with E-state index < -0.39 is 5.97 Å². The molecular formula is C24H23NO4. The first-order valence-electron chi connectivity index (χ1n) is 9.64. The number of rotatable bonds is 6. The Balaban J connectivity index is 1.49. The van der Waals surface area contributed by atoms with Crippen molar-refractivity contribution in [3.05, 3.63) is 77.0 Å². The van der Waals surface area contributed by atoms with Crippen LogP contribution in [0.5, 0.6) is 11.6 Å². The Labute approximate surface area is 169 Å². The van der Waals surface area contributed by atoms with Crippen LogP contribution in [0.15, 0.2) is 54.7 Å². The van der Waals surface area contributed by atoms with Gasteiger partial charge in [0.2, 0.25) is 5.88 Å². The fraction of sp³-hybridized carbons (Fsp3) is 0.250. The minimum Gasteiger partial charge on any atom is -0.492 e. The number of aryl methyl sites for hydroxylation is 2. The summed E-state index contributed by atoms with van der Waals surface area (Å²) < 4.78 is 11.5. The minimum absolute atomic E-state index is 0.0417. The van der Waals surface area contributed by atoms with E-state index in [1.807, 2.05) is 12.1 Å². The lowest BCUT2D eigenvalue weighted by atomic mass is 9.95. The predicted octanol–water partition coefficient (Wildman–Crippen LogP) is 4.90. The second-order valence-electron chi connectivity index (χ2n) is 7.42. The molecule has 29 heavy (non-hydrogen) atoms. The van der Waals surface area contributed by atoms with Crippen LogP contribution in [0, 0.1) is 13.8 Å². The first kappa shape index (κ1) is 19.0. The number of carbonyl (C=O) groups is 1. The van der Waals surface area contributed by atoms with Gasteiger partial charge in [0, 0.05) is 23.7 Å². The molecule has 1 aromatic heterocycles. The number of pyridine rings is 1. The first-order valence-corrected chi connectivity index (χ1v) is 9.64. The van der Waals surface area contributed by atoms with Crippen molar-refractivity contribution in [1.29, 1.82) is 0 Å². The van der Waals surface area contributed by atoms with E-state index in [0.29, 0.717) is 24.8 Å². The maximum atomic E-state index is 11.0. The van der Waals surface area contributed by atoms with Crippen molar-refractivity contribution in [2.75, 3.05) is 6.61 Å². The van der Waals surface area contributed by atoms with Crippen molar-refractivity contribution in [1.82, 2.24) is 4.98 Å². The number of nitrogens with zero attached hydrogens (tertiary/aromatic N) is 1. The molecule has 0 fully saturated rings. The largest absolute Gasteiger partial charge is 0.492 e. The van der Waals surface area contributed by atoms with E-state index in [1.54, 1.807) is 12.3 Å². The Morgan fingerprint density at radius 1 is 1.17 bits per heavy atom. The molecule has 0 spiro atoms. The van der Waals surface area contributed by atoms with Gasteiger partial charge in [0.1, 0.15) is 12.4 Å². The van der Waals surface area contributed by atoms with Crippen LogP contribution in [-0.2, 0) is 11.4 Å². The summed E-state index contributed by atoms with van der Waals surface area (Å²) in [5.74, 6) is 0.136. The minimum atomic E-state index is -0.837. The zero-order valence-electron chi connectivity index (χ0n) is 16.5. The molecule has 3 aromatic rings. The van der Waals surface area contributed by atoms with Gasteiger partial charge in [-0.25, -0.2) is 4.98 Å². The summed E-state index contributed by atoms with van der Waals surface area (Å²) in [6, 6.07) is 16.4. The number of hydrogen-bond acceptors (Lipinski definition) is 4. The molecule has 5 nitrogen and oxygen atoms in total. The molecule has 1 atom stereocenters. The van der Waals surface area contributed by atoms with Gasteiger partial charge in [0.25, 0.3) is 0 Å². The number of carboxylic acid groups (broad SMARTS) is 1. The van der Waals surface area contributed by atoms with Crippen LogP contribution >= 0.6 is 0 Å². The molecule has 148 valence electrons. The summed E-state index contributed by atoms with van der Waals surface area (Å²) in [7, 11) is 0. The van der Waals surface area contributed by atoms with Gasteiger partial charge < -0.3 is 14.6 Å². The normalized spacial score (nSPS) is 14.9. The molecule has 0 saturated carbocycles. The third-order valence-corrected chi connectivity index (χ3v) is 5.25. The van der Waals surface area contributed by atoms with E-state index >= 15 is 0 Å². The van der Waals surface area contributed by atoms with Gasteiger partial charge in [-0.1, -0.05) is 36.4 Å². The molecule has 0 radical (unpaired) electrons. The molecule has 0 saturated heterocycles. The Bertz CT molecular complexity index is 1040. The van der Waals surface area contributed by atoms with Gasteiger partial charge in [-0.05, 0) is 47.7 Å². The smallest absolute Gasteiger partial charge is 0.304 e. The molecule has 5 heteroatoms. The van der Waals surface area contributed by atoms with Gasteiger partial charge in [-0.2, -0.15) is 0 Å². The number of fused-ring (bicyclic) bond motifs is 1. The highest BCUT2D eigenvalue weighted by Gasteiger charge is 2.27. The number of hydrogen-bond donors (Lipinski definition) is 1. The molecule has 1 N–H and O–H groups in total. The van der Waals surface area contributed by atoms with Gasteiger partial charge in [-0.15, -0.1) is 0 Å². The third kappa shape index (κ3) is 4.09. The molecule has 2 heterocycles. The van der Waals surface area contributed by atoms with Crippen LogP contribution in [0.2, 0.25) is 0 Å². The highest BCUT2D eigenvalue weighted by molar-refractivity contribution is 5.71. The highest BCUT2D eigenvalue weighted by atomic mass is 16.5. The summed E-state index contributed by atoms with van der Waals surface area (Å²) in [5, 5.41) is 9.00. The fourth-order valence-electron chi connectivity index (χ4n) is 3.84. The summed E-state index contributed by atoms with van der Waals surface area (Å²) in [6.07, 6.45) is 1.71. The number of aromatic nitrogens is 1. The molecule has 1 aliphatic rings. The highest BCUT2D eigenvalue weighted by Crippen LogP contribution is 2.37. The molecule has 4 rings (SSSR count). The Morgan fingerprint density at radius 2 is 1.93 bits per heavy atom. The van der Waals surface area contributed by atoms with Crippen molar-refractivity contribution in [3.8, 4) is 22.8 Å². The van der Waals surface area contributed by atoms with Gasteiger partial charge >= 0.3 is 5.97 Å². The maximum Gasteiger partial charge on any atom is 0.304 e. The van der Waals surface area contributed by atoms with Crippen LogP contribution in [-0.4, -0.2) is 22.7 Å². The number of ether oxygens (including phenoxy) is 2. The Hall–Kier alpha value is -3.34. The summed E-state index contributed by atoms with van der Waals surface area (Å²) in [4.78, 5) is 15.3. The first-order chi connectivity index (χ1) is 14.0. The molecule has 2 aromatic carbocycles. The molecule has 1 unspecified atom stereocenters. The second kappa shape index (κ2) is 7.95. The van der Waals surface area contributed by atoms with Crippen LogP contribution in [0.25, 0.3) is 11.1 Å². The van der Waals surface area contributed by atoms with Crippen LogP contribution in [0.3, 0.4) is 0 Å². The van der Waals surface area contributed by atoms with E-state index in [0.717, 1.165) is 11.1 Å². The molecule has 0 aliphatic carbocycles. The third-order valence-electron chi connectivity index (χ3n) is 5.25. The second-order valence-corrected chi connectivity index (χ2v) is 7.42. The molecule has 0 bridgehead atoms. The van der Waals surface area contributed by atoms with Crippen molar-refractivity contribution < 1.29 is 19.4 Å². The lowest BCUT2D eigenvalue weighted by Gasteiger charge is -2.12. The quantitative estimate of drug-likeness (QED) is 0.650. The SMILES string of the molecule is Cc1cccc(C)c1-c1cccc(COc2cc3c(cn2)C(CC(=O)O)CO3)c1. The standard InChI is InChI=1S/C24H23NO4/c1-15-5-3-6-16(2)24(15)18-8-4-7-17(9-18)13-29-22-11-21-20(12-25-22)19(14-28-21)10-23(26)27/h3-9,11-12,19H,10,13-14H2,1-2H3,(H,26,27). The number of benzene rings is 2. The zero-order chi connectivity index (χ0) is 20.4. The molecular weight excluding hydrogens is 366 g/mol. The fourth-order valence-corrected chi connectivity index (χ4v) is 3.84. The summed E-state index contributed by atoms with van der Waals surface area (Å²) >= 11 is 0. The predicted molar refractivity (Wildman–Crippen MR) is 110 cm³/mol. The van der Waals surface area contributed by atoms with E-state index in [2.05, 4.69) is 49.2 Å². The summed E-state index contributed by atoms with van der Waals surface area (Å²) in [5.41, 5.74) is 6.80. The van der Waals surface area contributed by atoms with E-state index in [4.69, 9.17) is 14.6 Å². The van der Waals surface area contributed by atoms with Crippen molar-refractivity contribution in [2.45, 2.75) is 32.8 Å². The number of aliphatic carboxylic acids is 1. The number of carboxylic acids is 1. The topological polar surface area (TPSA) is 68.7 Å². The van der Waals surface area contributed by atoms with E-state index in [9.17, 15) is 4.79 Å². The van der Waals surface area contributed by atoms with Crippen LogP contribution in [0.4, 0.5) is 0 Å². The Morgan fingerprint density at radius 3 is 2.69 bits per heavy atom. The Kier molecular flexibility index (Phi) is 5.21. The monoisotopic (exact) mass is 389 g/mol. The van der Waals surface area contributed by atoms with Crippen LogP contribution < -0.4 is 9.47 Å². The lowest BCUT2D eigenvalue weighted by molar-refractivity contribution is -0.137. The van der Waals surface area contributed by atoms with Crippen LogP contribution in [0.1, 0.15) is 34.6 Å². The zero-order valence-corrected chi connectivity index (χ0v) is 16.5. The van der Waals surface area contributed by atoms with E-state index in [-0.39, 0.29) is 12.3 Å². The van der Waals surface area contributed by atoms with Crippen molar-refractivity contribution in [3.63, 3.8) is 0 Å². The van der Waals surface area contributed by atoms with Crippen molar-refractivity contribution >= 4 is 5.97 Å².